The first-order valence-corrected chi connectivity index (χ1v) is 7.91. The number of halogens is 1. The molecule has 1 saturated heterocycles. The molecular weight excluding hydrogens is 357 g/mol. The summed E-state index contributed by atoms with van der Waals surface area (Å²) in [6.07, 6.45) is 1.94. The zero-order valence-corrected chi connectivity index (χ0v) is 13.6. The normalized spacial score (nSPS) is 18.0. The van der Waals surface area contributed by atoms with E-state index in [0.717, 1.165) is 55.2 Å². The summed E-state index contributed by atoms with van der Waals surface area (Å²) < 4.78 is 11.5. The maximum atomic E-state index is 5.68. The Morgan fingerprint density at radius 3 is 2.79 bits per heavy atom. The zero-order chi connectivity index (χ0) is 13.5. The summed E-state index contributed by atoms with van der Waals surface area (Å²) in [7, 11) is 2.18. The molecule has 1 aliphatic rings. The summed E-state index contributed by atoms with van der Waals surface area (Å²) in [6.45, 7) is 7.36. The number of likely N-dealkylation sites (N-methyl/N-ethyl adjacent to an activating group) is 1. The summed E-state index contributed by atoms with van der Waals surface area (Å²) in [5.41, 5.74) is 1.02. The molecule has 5 nitrogen and oxygen atoms in total. The first-order chi connectivity index (χ1) is 9.24. The molecule has 0 atom stereocenters. The van der Waals surface area contributed by atoms with Crippen LogP contribution in [0.3, 0.4) is 0 Å². The van der Waals surface area contributed by atoms with Gasteiger partial charge in [-0.1, -0.05) is 5.16 Å². The molecule has 0 N–H and O–H groups in total. The quantitative estimate of drug-likeness (QED) is 0.530. The van der Waals surface area contributed by atoms with Crippen LogP contribution in [0.2, 0.25) is 0 Å². The third-order valence-electron chi connectivity index (χ3n) is 3.40. The molecule has 0 radical (unpaired) electrons. The summed E-state index contributed by atoms with van der Waals surface area (Å²) in [4.78, 5) is 4.84. The topological polar surface area (TPSA) is 41.7 Å². The minimum atomic E-state index is 0.803. The molecule has 1 aromatic heterocycles. The molecule has 0 unspecified atom stereocenters. The maximum absolute atomic E-state index is 5.68. The second-order valence-corrected chi connectivity index (χ2v) is 6.05. The molecule has 108 valence electrons. The highest BCUT2D eigenvalue weighted by atomic mass is 127. The highest BCUT2D eigenvalue weighted by Gasteiger charge is 2.12. The molecule has 0 amide bonds. The van der Waals surface area contributed by atoms with E-state index < -0.39 is 0 Å². The van der Waals surface area contributed by atoms with Crippen LogP contribution in [-0.4, -0.2) is 67.9 Å². The molecule has 0 aromatic carbocycles. The lowest BCUT2D eigenvalue weighted by atomic mass is 10.2. The molecule has 0 aliphatic carbocycles. The molecule has 19 heavy (non-hydrogen) atoms. The molecule has 1 aliphatic heterocycles. The fourth-order valence-corrected chi connectivity index (χ4v) is 2.58. The summed E-state index contributed by atoms with van der Waals surface area (Å²) in [5.74, 6) is 0. The first-order valence-electron chi connectivity index (χ1n) is 6.84. The van der Waals surface area contributed by atoms with Crippen LogP contribution in [0.25, 0.3) is 0 Å². The van der Waals surface area contributed by atoms with Gasteiger partial charge in [0.15, 0.2) is 3.77 Å². The Morgan fingerprint density at radius 2 is 2.11 bits per heavy atom. The largest absolute Gasteiger partial charge is 0.380 e. The Balaban J connectivity index is 1.46. The van der Waals surface area contributed by atoms with E-state index in [2.05, 4.69) is 44.6 Å². The van der Waals surface area contributed by atoms with Gasteiger partial charge in [-0.25, -0.2) is 0 Å². The summed E-state index contributed by atoms with van der Waals surface area (Å²) >= 11 is 2.13. The number of piperazine rings is 1. The van der Waals surface area contributed by atoms with Gasteiger partial charge in [0.05, 0.1) is 12.3 Å². The van der Waals surface area contributed by atoms with Crippen molar-refractivity contribution in [2.24, 2.45) is 0 Å². The van der Waals surface area contributed by atoms with Gasteiger partial charge in [0.2, 0.25) is 0 Å². The van der Waals surface area contributed by atoms with Crippen molar-refractivity contribution in [2.45, 2.75) is 12.8 Å². The predicted octanol–water partition coefficient (Wildman–Crippen LogP) is 1.48. The van der Waals surface area contributed by atoms with E-state index in [4.69, 9.17) is 9.26 Å². The van der Waals surface area contributed by atoms with Crippen LogP contribution in [0, 0.1) is 3.77 Å². The molecular formula is C13H22IN3O2. The van der Waals surface area contributed by atoms with Gasteiger partial charge < -0.3 is 14.2 Å². The second kappa shape index (κ2) is 8.18. The van der Waals surface area contributed by atoms with Gasteiger partial charge in [-0.05, 0) is 19.9 Å². The summed E-state index contributed by atoms with van der Waals surface area (Å²) in [6, 6.07) is 1.98. The minimum absolute atomic E-state index is 0.803. The second-order valence-electron chi connectivity index (χ2n) is 4.98. The van der Waals surface area contributed by atoms with Gasteiger partial charge in [0, 0.05) is 68.0 Å². The number of aryl methyl sites for hydroxylation is 1. The molecule has 1 aromatic rings. The smallest absolute Gasteiger partial charge is 0.196 e. The van der Waals surface area contributed by atoms with Crippen molar-refractivity contribution in [2.75, 3.05) is 53.0 Å². The molecule has 2 heterocycles. The van der Waals surface area contributed by atoms with E-state index in [1.807, 2.05) is 6.07 Å². The Labute approximate surface area is 128 Å². The Hall–Kier alpha value is -0.180. The van der Waals surface area contributed by atoms with E-state index >= 15 is 0 Å². The van der Waals surface area contributed by atoms with Crippen LogP contribution < -0.4 is 0 Å². The lowest BCUT2D eigenvalue weighted by Crippen LogP contribution is -2.45. The van der Waals surface area contributed by atoms with Gasteiger partial charge in [-0.3, -0.25) is 4.90 Å². The monoisotopic (exact) mass is 379 g/mol. The SMILES string of the molecule is CN1CCN(CCOCCCc2cc(I)on2)CC1. The fraction of sp³-hybridized carbons (Fsp3) is 0.769. The third-order valence-corrected chi connectivity index (χ3v) is 3.91. The number of hydrogen-bond donors (Lipinski definition) is 0. The van der Waals surface area contributed by atoms with Crippen LogP contribution in [0.1, 0.15) is 12.1 Å². The molecule has 0 bridgehead atoms. The van der Waals surface area contributed by atoms with Gasteiger partial charge in [0.1, 0.15) is 0 Å². The maximum Gasteiger partial charge on any atom is 0.196 e. The van der Waals surface area contributed by atoms with Gasteiger partial charge in [-0.2, -0.15) is 0 Å². The Morgan fingerprint density at radius 1 is 1.32 bits per heavy atom. The number of aromatic nitrogens is 1. The van der Waals surface area contributed by atoms with Crippen LogP contribution in [0.15, 0.2) is 10.6 Å². The standard InChI is InChI=1S/C13H22IN3O2/c1-16-4-6-17(7-5-16)8-10-18-9-2-3-12-11-13(14)19-15-12/h11H,2-10H2,1H3. The molecule has 2 rings (SSSR count). The lowest BCUT2D eigenvalue weighted by molar-refractivity contribution is 0.0807. The highest BCUT2D eigenvalue weighted by Crippen LogP contribution is 2.08. The van der Waals surface area contributed by atoms with E-state index in [1.54, 1.807) is 0 Å². The van der Waals surface area contributed by atoms with Crippen molar-refractivity contribution in [3.8, 4) is 0 Å². The van der Waals surface area contributed by atoms with E-state index in [1.165, 1.54) is 13.1 Å². The van der Waals surface area contributed by atoms with Crippen LogP contribution in [0.5, 0.6) is 0 Å². The van der Waals surface area contributed by atoms with Gasteiger partial charge in [0.25, 0.3) is 0 Å². The van der Waals surface area contributed by atoms with Crippen LogP contribution >= 0.6 is 22.6 Å². The van der Waals surface area contributed by atoms with Crippen molar-refractivity contribution >= 4 is 22.6 Å². The van der Waals surface area contributed by atoms with Crippen molar-refractivity contribution in [3.05, 3.63) is 15.5 Å². The number of rotatable bonds is 7. The van der Waals surface area contributed by atoms with Crippen molar-refractivity contribution in [1.82, 2.24) is 15.0 Å². The Bertz CT molecular complexity index is 365. The minimum Gasteiger partial charge on any atom is -0.380 e. The van der Waals surface area contributed by atoms with Crippen molar-refractivity contribution in [1.29, 1.82) is 0 Å². The van der Waals surface area contributed by atoms with Crippen molar-refractivity contribution < 1.29 is 9.26 Å². The van der Waals surface area contributed by atoms with E-state index in [-0.39, 0.29) is 0 Å². The highest BCUT2D eigenvalue weighted by molar-refractivity contribution is 14.1. The number of hydrogen-bond acceptors (Lipinski definition) is 5. The third kappa shape index (κ3) is 5.76. The van der Waals surface area contributed by atoms with Gasteiger partial charge in [-0.15, -0.1) is 0 Å². The number of nitrogens with zero attached hydrogens (tertiary/aromatic N) is 3. The molecule has 0 spiro atoms. The Kier molecular flexibility index (Phi) is 6.55. The van der Waals surface area contributed by atoms with Crippen molar-refractivity contribution in [3.63, 3.8) is 0 Å². The average molecular weight is 379 g/mol. The van der Waals surface area contributed by atoms with Crippen LogP contribution in [0.4, 0.5) is 0 Å². The first kappa shape index (κ1) is 15.2. The molecule has 0 saturated carbocycles. The molecule has 6 heteroatoms. The zero-order valence-electron chi connectivity index (χ0n) is 11.5. The van der Waals surface area contributed by atoms with Crippen LogP contribution in [-0.2, 0) is 11.2 Å². The lowest BCUT2D eigenvalue weighted by Gasteiger charge is -2.32. The van der Waals surface area contributed by atoms with Gasteiger partial charge >= 0.3 is 0 Å². The number of ether oxygens (including phenoxy) is 1. The molecule has 1 fully saturated rings. The average Bonchev–Trinajstić information content (AvgIpc) is 2.81. The predicted molar refractivity (Wildman–Crippen MR) is 82.3 cm³/mol. The fourth-order valence-electron chi connectivity index (χ4n) is 2.13. The van der Waals surface area contributed by atoms with E-state index in [0.29, 0.717) is 0 Å². The van der Waals surface area contributed by atoms with E-state index in [9.17, 15) is 0 Å². The summed E-state index contributed by atoms with van der Waals surface area (Å²) in [5, 5.41) is 3.96.